The number of allylic oxidation sites excluding steroid dienone is 6. The molecule has 7 aromatic carbocycles. The quantitative estimate of drug-likeness (QED) is 0.181. The molecule has 15 rings (SSSR count). The number of hydrogen-bond donors (Lipinski definition) is 0. The molecule has 57 heavy (non-hydrogen) atoms. The molecule has 1 spiro atoms. The third-order valence-corrected chi connectivity index (χ3v) is 13.3. The van der Waals surface area contributed by atoms with Gasteiger partial charge in [0.25, 0.3) is 0 Å². The van der Waals surface area contributed by atoms with Crippen LogP contribution < -0.4 is 0 Å². The van der Waals surface area contributed by atoms with Gasteiger partial charge in [-0.25, -0.2) is 0 Å². The summed E-state index contributed by atoms with van der Waals surface area (Å²) in [5, 5.41) is 8.95. The fourth-order valence-corrected chi connectivity index (χ4v) is 10.8. The van der Waals surface area contributed by atoms with Gasteiger partial charge < -0.3 is 4.42 Å². The molecule has 0 atom stereocenters. The zero-order valence-electron chi connectivity index (χ0n) is 30.9. The first-order chi connectivity index (χ1) is 28.2. The van der Waals surface area contributed by atoms with Crippen molar-refractivity contribution in [2.75, 3.05) is 0 Å². The summed E-state index contributed by atoms with van der Waals surface area (Å²) in [6, 6.07) is 60.0. The molecule has 0 fully saturated rings. The fraction of sp³-hybridized carbons (Fsp3) is 0.0741. The Balaban J connectivity index is 0.786. The SMILES string of the molecule is C1=CC2=CC3(C=C1c1ccc(-c4nnc(-c5ccc(-c6ccc7c(c6)C6c8ccccc8C7c7ccccc76)cc5)o4)cc1)c1ccccc1C2c1ccccc13. The molecule has 7 aliphatic rings. The van der Waals surface area contributed by atoms with Crippen molar-refractivity contribution < 1.29 is 4.42 Å². The molecular weight excluding hydrogens is 693 g/mol. The minimum absolute atomic E-state index is 0.254. The van der Waals surface area contributed by atoms with Crippen LogP contribution in [0, 0.1) is 0 Å². The van der Waals surface area contributed by atoms with Crippen LogP contribution in [0.4, 0.5) is 0 Å². The molecule has 0 saturated heterocycles. The van der Waals surface area contributed by atoms with Crippen LogP contribution in [-0.4, -0.2) is 10.2 Å². The highest BCUT2D eigenvalue weighted by molar-refractivity contribution is 5.84. The predicted octanol–water partition coefficient (Wildman–Crippen LogP) is 12.4. The van der Waals surface area contributed by atoms with Crippen LogP contribution in [0.2, 0.25) is 0 Å². The lowest BCUT2D eigenvalue weighted by molar-refractivity contribution is 0.584. The van der Waals surface area contributed by atoms with Gasteiger partial charge in [0.15, 0.2) is 0 Å². The summed E-state index contributed by atoms with van der Waals surface area (Å²) in [7, 11) is 0. The lowest BCUT2D eigenvalue weighted by Gasteiger charge is -2.46. The van der Waals surface area contributed by atoms with E-state index in [0.29, 0.717) is 11.8 Å². The highest BCUT2D eigenvalue weighted by atomic mass is 16.4. The van der Waals surface area contributed by atoms with E-state index in [1.54, 1.807) is 0 Å². The predicted molar refractivity (Wildman–Crippen MR) is 226 cm³/mol. The van der Waals surface area contributed by atoms with E-state index in [-0.39, 0.29) is 23.2 Å². The van der Waals surface area contributed by atoms with E-state index in [0.717, 1.165) is 16.7 Å². The molecule has 0 unspecified atom stereocenters. The van der Waals surface area contributed by atoms with E-state index in [9.17, 15) is 0 Å². The summed E-state index contributed by atoms with van der Waals surface area (Å²) in [4.78, 5) is 0. The van der Waals surface area contributed by atoms with Gasteiger partial charge in [0.2, 0.25) is 11.8 Å². The Hall–Kier alpha value is -7.10. The second-order valence-electron chi connectivity index (χ2n) is 16.1. The number of aromatic nitrogens is 2. The largest absolute Gasteiger partial charge is 0.416 e. The smallest absolute Gasteiger partial charge is 0.248 e. The fourth-order valence-electron chi connectivity index (χ4n) is 10.8. The maximum atomic E-state index is 6.30. The Labute approximate surface area is 331 Å². The summed E-state index contributed by atoms with van der Waals surface area (Å²) in [6.07, 6.45) is 9.55. The third-order valence-electron chi connectivity index (χ3n) is 13.3. The van der Waals surface area contributed by atoms with E-state index in [4.69, 9.17) is 4.42 Å². The monoisotopic (exact) mass is 726 g/mol. The van der Waals surface area contributed by atoms with Gasteiger partial charge in [-0.2, -0.15) is 0 Å². The number of hydrogen-bond acceptors (Lipinski definition) is 3. The minimum atomic E-state index is -0.302. The molecule has 0 N–H and O–H groups in total. The molecule has 0 saturated carbocycles. The lowest BCUT2D eigenvalue weighted by Crippen LogP contribution is -2.36. The zero-order valence-corrected chi connectivity index (χ0v) is 30.9. The standard InChI is InChI=1S/C54H34N2O/c1-3-11-41-39(9-1)50-40-10-2-4-12-42(40)51(41)46-29-36(27-28-43(46)50)32-17-21-34(22-18-32)52-55-56-53(57-52)35-23-19-33(20-24-35)37-25-26-38-31-54(30-37)47-15-7-5-13-44(47)49(38)45-14-6-8-16-48(45)54/h1-31,49-51H. The topological polar surface area (TPSA) is 38.9 Å². The summed E-state index contributed by atoms with van der Waals surface area (Å²) in [6.45, 7) is 0. The normalized spacial score (nSPS) is 21.0. The Morgan fingerprint density at radius 3 is 1.40 bits per heavy atom. The van der Waals surface area contributed by atoms with Crippen LogP contribution in [0.15, 0.2) is 198 Å². The Morgan fingerprint density at radius 1 is 0.368 bits per heavy atom. The van der Waals surface area contributed by atoms with Crippen molar-refractivity contribution in [2.45, 2.75) is 23.2 Å². The van der Waals surface area contributed by atoms with E-state index in [2.05, 4.69) is 198 Å². The van der Waals surface area contributed by atoms with Crippen molar-refractivity contribution >= 4 is 5.57 Å². The molecule has 266 valence electrons. The van der Waals surface area contributed by atoms with Crippen LogP contribution in [-0.2, 0) is 5.41 Å². The van der Waals surface area contributed by atoms with E-state index in [1.165, 1.54) is 77.9 Å². The van der Waals surface area contributed by atoms with Gasteiger partial charge in [-0.3, -0.25) is 0 Å². The molecule has 7 aliphatic carbocycles. The van der Waals surface area contributed by atoms with Crippen LogP contribution in [0.3, 0.4) is 0 Å². The second-order valence-corrected chi connectivity index (χ2v) is 16.1. The molecule has 0 amide bonds. The van der Waals surface area contributed by atoms with Crippen molar-refractivity contribution in [2.24, 2.45) is 0 Å². The molecule has 5 bridgehead atoms. The van der Waals surface area contributed by atoms with Gasteiger partial charge in [-0.1, -0.05) is 158 Å². The van der Waals surface area contributed by atoms with Crippen LogP contribution in [0.1, 0.15) is 79.0 Å². The van der Waals surface area contributed by atoms with Crippen molar-refractivity contribution in [1.29, 1.82) is 0 Å². The molecule has 8 aromatic rings. The highest BCUT2D eigenvalue weighted by Gasteiger charge is 2.47. The van der Waals surface area contributed by atoms with Crippen molar-refractivity contribution in [3.63, 3.8) is 0 Å². The first kappa shape index (κ1) is 31.1. The lowest BCUT2D eigenvalue weighted by atomic mass is 9.57. The van der Waals surface area contributed by atoms with Crippen molar-refractivity contribution in [1.82, 2.24) is 10.2 Å². The van der Waals surface area contributed by atoms with Gasteiger partial charge in [0.1, 0.15) is 0 Å². The average molecular weight is 727 g/mol. The summed E-state index contributed by atoms with van der Waals surface area (Å²) >= 11 is 0. The maximum Gasteiger partial charge on any atom is 0.248 e. The highest BCUT2D eigenvalue weighted by Crippen LogP contribution is 2.58. The van der Waals surface area contributed by atoms with E-state index >= 15 is 0 Å². The number of benzene rings is 7. The van der Waals surface area contributed by atoms with E-state index < -0.39 is 0 Å². The molecule has 0 aliphatic heterocycles. The maximum absolute atomic E-state index is 6.30. The van der Waals surface area contributed by atoms with Gasteiger partial charge in [0, 0.05) is 28.9 Å². The molecule has 3 nitrogen and oxygen atoms in total. The first-order valence-corrected chi connectivity index (χ1v) is 19.9. The van der Waals surface area contributed by atoms with Crippen LogP contribution in [0.5, 0.6) is 0 Å². The molecule has 1 aromatic heterocycles. The summed E-state index contributed by atoms with van der Waals surface area (Å²) in [5.74, 6) is 1.83. The van der Waals surface area contributed by atoms with E-state index in [1.807, 2.05) is 0 Å². The van der Waals surface area contributed by atoms with Crippen LogP contribution >= 0.6 is 0 Å². The van der Waals surface area contributed by atoms with Gasteiger partial charge >= 0.3 is 0 Å². The van der Waals surface area contributed by atoms with Gasteiger partial charge in [-0.05, 0) is 114 Å². The molecule has 0 radical (unpaired) electrons. The van der Waals surface area contributed by atoms with Gasteiger partial charge in [-0.15, -0.1) is 10.2 Å². The second kappa shape index (κ2) is 11.5. The van der Waals surface area contributed by atoms with Crippen molar-refractivity contribution in [3.8, 4) is 34.0 Å². The minimum Gasteiger partial charge on any atom is -0.416 e. The average Bonchev–Trinajstić information content (AvgIpc) is 3.73. The summed E-state index contributed by atoms with van der Waals surface area (Å²) in [5.41, 5.74) is 21.8. The molecule has 1 heterocycles. The Morgan fingerprint density at radius 2 is 0.825 bits per heavy atom. The van der Waals surface area contributed by atoms with Gasteiger partial charge in [0.05, 0.1) is 5.41 Å². The summed E-state index contributed by atoms with van der Waals surface area (Å²) < 4.78 is 6.30. The first-order valence-electron chi connectivity index (χ1n) is 19.9. The number of rotatable bonds is 4. The van der Waals surface area contributed by atoms with Crippen molar-refractivity contribution in [3.05, 3.63) is 255 Å². The molecular formula is C54H34N2O. The zero-order chi connectivity index (χ0) is 37.2. The molecule has 3 heteroatoms. The third kappa shape index (κ3) is 4.31. The van der Waals surface area contributed by atoms with Crippen LogP contribution in [0.25, 0.3) is 39.6 Å². The Bertz CT molecular complexity index is 2990. The number of nitrogens with zero attached hydrogens (tertiary/aromatic N) is 2. The Kier molecular flexibility index (Phi) is 6.27.